The predicted molar refractivity (Wildman–Crippen MR) is 85.2 cm³/mol. The molecule has 2 aromatic rings. The van der Waals surface area contributed by atoms with Crippen LogP contribution in [0.2, 0.25) is 0 Å². The minimum Gasteiger partial charge on any atom is -0.493 e. The van der Waals surface area contributed by atoms with Crippen LogP contribution in [0.25, 0.3) is 0 Å². The van der Waals surface area contributed by atoms with E-state index in [9.17, 15) is 4.79 Å². The van der Waals surface area contributed by atoms with Crippen molar-refractivity contribution in [1.82, 2.24) is 0 Å². The smallest absolute Gasteiger partial charge is 0.243 e. The van der Waals surface area contributed by atoms with Gasteiger partial charge in [0.15, 0.2) is 0 Å². The lowest BCUT2D eigenvalue weighted by Gasteiger charge is -2.22. The van der Waals surface area contributed by atoms with Gasteiger partial charge in [-0.3, -0.25) is 4.79 Å². The molecule has 1 amide bonds. The molecular formula is C17H14BNO3. The average Bonchev–Trinajstić information content (AvgIpc) is 3.16. The van der Waals surface area contributed by atoms with Gasteiger partial charge >= 0.3 is 0 Å². The van der Waals surface area contributed by atoms with Crippen LogP contribution in [0.4, 0.5) is 5.69 Å². The Morgan fingerprint density at radius 2 is 2.09 bits per heavy atom. The molecule has 108 valence electrons. The molecule has 5 heteroatoms. The fourth-order valence-electron chi connectivity index (χ4n) is 4.00. The number of benzene rings is 2. The van der Waals surface area contributed by atoms with Gasteiger partial charge in [-0.2, -0.15) is 0 Å². The van der Waals surface area contributed by atoms with Crippen molar-refractivity contribution in [2.45, 2.75) is 11.8 Å². The highest BCUT2D eigenvalue weighted by Gasteiger charge is 2.54. The molecular weight excluding hydrogens is 277 g/mol. The van der Waals surface area contributed by atoms with Gasteiger partial charge in [0.25, 0.3) is 0 Å². The highest BCUT2D eigenvalue weighted by Crippen LogP contribution is 2.51. The largest absolute Gasteiger partial charge is 0.493 e. The molecule has 1 unspecified atom stereocenters. The SMILES string of the molecule is Bc1cccc2c1C1(COc3cc4c(cc31)CCO4)C(=O)N2. The molecule has 0 saturated carbocycles. The third kappa shape index (κ3) is 1.27. The van der Waals surface area contributed by atoms with Crippen molar-refractivity contribution in [3.63, 3.8) is 0 Å². The second kappa shape index (κ2) is 3.86. The van der Waals surface area contributed by atoms with Crippen LogP contribution in [0.3, 0.4) is 0 Å². The number of anilines is 1. The Morgan fingerprint density at radius 1 is 1.18 bits per heavy atom. The van der Waals surface area contributed by atoms with Gasteiger partial charge in [0.2, 0.25) is 5.91 Å². The molecule has 1 spiro atoms. The number of hydrogen-bond acceptors (Lipinski definition) is 3. The molecule has 3 aliphatic rings. The second-order valence-electron chi connectivity index (χ2n) is 6.20. The topological polar surface area (TPSA) is 47.6 Å². The highest BCUT2D eigenvalue weighted by molar-refractivity contribution is 6.35. The van der Waals surface area contributed by atoms with Crippen LogP contribution in [-0.4, -0.2) is 27.0 Å². The van der Waals surface area contributed by atoms with Crippen LogP contribution in [0.1, 0.15) is 16.7 Å². The van der Waals surface area contributed by atoms with Crippen LogP contribution in [-0.2, 0) is 16.6 Å². The Balaban J connectivity index is 1.81. The van der Waals surface area contributed by atoms with Crippen LogP contribution >= 0.6 is 0 Å². The van der Waals surface area contributed by atoms with E-state index < -0.39 is 5.41 Å². The fourth-order valence-corrected chi connectivity index (χ4v) is 4.00. The molecule has 3 heterocycles. The first-order chi connectivity index (χ1) is 10.7. The average molecular weight is 291 g/mol. The first kappa shape index (κ1) is 12.2. The Hall–Kier alpha value is -2.43. The van der Waals surface area contributed by atoms with E-state index in [1.807, 2.05) is 18.2 Å². The van der Waals surface area contributed by atoms with Gasteiger partial charge in [0.05, 0.1) is 6.61 Å². The summed E-state index contributed by atoms with van der Waals surface area (Å²) in [4.78, 5) is 12.8. The van der Waals surface area contributed by atoms with Gasteiger partial charge in [0, 0.05) is 23.7 Å². The van der Waals surface area contributed by atoms with Crippen molar-refractivity contribution in [2.75, 3.05) is 18.5 Å². The van der Waals surface area contributed by atoms with Gasteiger partial charge in [0.1, 0.15) is 31.4 Å². The number of carbonyl (C=O) groups excluding carboxylic acids is 1. The van der Waals surface area contributed by atoms with E-state index in [0.717, 1.165) is 40.2 Å². The summed E-state index contributed by atoms with van der Waals surface area (Å²) in [5, 5.41) is 3.03. The third-order valence-electron chi connectivity index (χ3n) is 5.03. The first-order valence-corrected chi connectivity index (χ1v) is 7.55. The lowest BCUT2D eigenvalue weighted by molar-refractivity contribution is -0.119. The van der Waals surface area contributed by atoms with Crippen LogP contribution < -0.4 is 20.3 Å². The van der Waals surface area contributed by atoms with Crippen molar-refractivity contribution in [1.29, 1.82) is 0 Å². The number of ether oxygens (including phenoxy) is 2. The lowest BCUT2D eigenvalue weighted by Crippen LogP contribution is -2.40. The zero-order valence-electron chi connectivity index (χ0n) is 12.2. The van der Waals surface area contributed by atoms with Gasteiger partial charge in [-0.25, -0.2) is 0 Å². The van der Waals surface area contributed by atoms with Gasteiger partial charge < -0.3 is 14.8 Å². The van der Waals surface area contributed by atoms with Crippen molar-refractivity contribution >= 4 is 24.9 Å². The summed E-state index contributed by atoms with van der Waals surface area (Å²) in [7, 11) is 2.05. The quantitative estimate of drug-likeness (QED) is 0.720. The maximum Gasteiger partial charge on any atom is 0.243 e. The number of amides is 1. The molecule has 0 aromatic heterocycles. The predicted octanol–water partition coefficient (Wildman–Crippen LogP) is 0.510. The third-order valence-corrected chi connectivity index (χ3v) is 5.03. The minimum absolute atomic E-state index is 0.00872. The molecule has 4 nitrogen and oxygen atoms in total. The first-order valence-electron chi connectivity index (χ1n) is 7.55. The summed E-state index contributed by atoms with van der Waals surface area (Å²) in [5.41, 5.74) is 4.49. The van der Waals surface area contributed by atoms with Gasteiger partial charge in [-0.05, 0) is 23.3 Å². The molecule has 0 fully saturated rings. The molecule has 5 rings (SSSR count). The van der Waals surface area contributed by atoms with E-state index in [1.54, 1.807) is 0 Å². The zero-order valence-corrected chi connectivity index (χ0v) is 12.2. The standard InChI is InChI=1S/C17H14BNO3/c18-11-2-1-3-12-15(11)17(16(20)19-12)8-22-14-7-13-9(4-5-21-13)6-10(14)17/h1-3,6-7H,4-5,8,18H2,(H,19,20). The van der Waals surface area contributed by atoms with Gasteiger partial charge in [-0.1, -0.05) is 17.6 Å². The van der Waals surface area contributed by atoms with Crippen LogP contribution in [0.15, 0.2) is 30.3 Å². The molecule has 22 heavy (non-hydrogen) atoms. The molecule has 1 atom stereocenters. The number of hydrogen-bond donors (Lipinski definition) is 1. The summed E-state index contributed by atoms with van der Waals surface area (Å²) in [5.74, 6) is 1.67. The van der Waals surface area contributed by atoms with E-state index in [2.05, 4.69) is 25.3 Å². The van der Waals surface area contributed by atoms with Crippen molar-refractivity contribution in [2.24, 2.45) is 0 Å². The second-order valence-corrected chi connectivity index (χ2v) is 6.20. The number of carbonyl (C=O) groups is 1. The van der Waals surface area contributed by atoms with Crippen molar-refractivity contribution in [3.05, 3.63) is 47.0 Å². The van der Waals surface area contributed by atoms with Crippen molar-refractivity contribution in [3.8, 4) is 11.5 Å². The van der Waals surface area contributed by atoms with Crippen LogP contribution in [0, 0.1) is 0 Å². The number of fused-ring (bicyclic) bond motifs is 5. The highest BCUT2D eigenvalue weighted by atomic mass is 16.5. The van der Waals surface area contributed by atoms with E-state index in [-0.39, 0.29) is 5.91 Å². The number of rotatable bonds is 0. The Bertz CT molecular complexity index is 848. The summed E-state index contributed by atoms with van der Waals surface area (Å²) in [6.07, 6.45) is 0.890. The van der Waals surface area contributed by atoms with E-state index >= 15 is 0 Å². The van der Waals surface area contributed by atoms with Crippen LogP contribution in [0.5, 0.6) is 11.5 Å². The van der Waals surface area contributed by atoms with E-state index in [0.29, 0.717) is 13.2 Å². The monoisotopic (exact) mass is 291 g/mol. The number of nitrogens with one attached hydrogen (secondary N) is 1. The Labute approximate surface area is 128 Å². The molecule has 0 bridgehead atoms. The fraction of sp³-hybridized carbons (Fsp3) is 0.235. The van der Waals surface area contributed by atoms with Crippen molar-refractivity contribution < 1.29 is 14.3 Å². The summed E-state index contributed by atoms with van der Waals surface area (Å²) >= 11 is 0. The molecule has 2 aromatic carbocycles. The summed E-state index contributed by atoms with van der Waals surface area (Å²) < 4.78 is 11.5. The summed E-state index contributed by atoms with van der Waals surface area (Å²) in [6, 6.07) is 10.0. The maximum absolute atomic E-state index is 12.8. The summed E-state index contributed by atoms with van der Waals surface area (Å²) in [6.45, 7) is 1.06. The minimum atomic E-state index is -0.715. The van der Waals surface area contributed by atoms with Gasteiger partial charge in [-0.15, -0.1) is 0 Å². The Kier molecular flexibility index (Phi) is 2.13. The molecule has 3 aliphatic heterocycles. The molecule has 0 radical (unpaired) electrons. The normalized spacial score (nSPS) is 23.5. The maximum atomic E-state index is 12.8. The zero-order chi connectivity index (χ0) is 14.9. The lowest BCUT2D eigenvalue weighted by atomic mass is 9.71. The Morgan fingerprint density at radius 3 is 3.00 bits per heavy atom. The molecule has 0 saturated heterocycles. The molecule has 0 aliphatic carbocycles. The van der Waals surface area contributed by atoms with E-state index in [4.69, 9.17) is 9.47 Å². The van der Waals surface area contributed by atoms with E-state index in [1.165, 1.54) is 5.56 Å². The molecule has 1 N–H and O–H groups in total.